The number of halogens is 1. The summed E-state index contributed by atoms with van der Waals surface area (Å²) in [5.41, 5.74) is 1.15. The highest BCUT2D eigenvalue weighted by Gasteiger charge is 2.05. The van der Waals surface area contributed by atoms with Gasteiger partial charge in [-0.15, -0.1) is 0 Å². The first-order valence-corrected chi connectivity index (χ1v) is 5.83. The molecular formula is C12H12BrN3. The standard InChI is InChI=1S/C12H12BrN3/c1-9(10-3-2-6-14-7-10)16-12-5-4-11(13)8-15-12/h2-9H,1H3,(H,15,16). The summed E-state index contributed by atoms with van der Waals surface area (Å²) in [7, 11) is 0. The van der Waals surface area contributed by atoms with E-state index in [4.69, 9.17) is 0 Å². The Kier molecular flexibility index (Phi) is 3.51. The fourth-order valence-electron chi connectivity index (χ4n) is 1.40. The van der Waals surface area contributed by atoms with Gasteiger partial charge in [-0.05, 0) is 46.6 Å². The summed E-state index contributed by atoms with van der Waals surface area (Å²) in [4.78, 5) is 8.36. The van der Waals surface area contributed by atoms with Gasteiger partial charge in [-0.1, -0.05) is 6.07 Å². The third kappa shape index (κ3) is 2.79. The van der Waals surface area contributed by atoms with Crippen molar-refractivity contribution in [2.24, 2.45) is 0 Å². The van der Waals surface area contributed by atoms with Crippen LogP contribution in [0.2, 0.25) is 0 Å². The minimum Gasteiger partial charge on any atom is -0.363 e. The van der Waals surface area contributed by atoms with Crippen LogP contribution in [-0.2, 0) is 0 Å². The second-order valence-electron chi connectivity index (χ2n) is 3.51. The number of hydrogen-bond donors (Lipinski definition) is 1. The molecule has 0 aliphatic rings. The second-order valence-corrected chi connectivity index (χ2v) is 4.43. The SMILES string of the molecule is CC(Nc1ccc(Br)cn1)c1cccnc1. The molecule has 0 amide bonds. The highest BCUT2D eigenvalue weighted by Crippen LogP contribution is 2.17. The zero-order valence-corrected chi connectivity index (χ0v) is 10.5. The van der Waals surface area contributed by atoms with E-state index in [1.807, 2.05) is 30.5 Å². The van der Waals surface area contributed by atoms with Crippen molar-refractivity contribution < 1.29 is 0 Å². The van der Waals surface area contributed by atoms with Crippen LogP contribution in [-0.4, -0.2) is 9.97 Å². The molecule has 0 fully saturated rings. The van der Waals surface area contributed by atoms with Crippen LogP contribution in [0.3, 0.4) is 0 Å². The van der Waals surface area contributed by atoms with E-state index in [0.29, 0.717) is 0 Å². The first-order chi connectivity index (χ1) is 7.75. The van der Waals surface area contributed by atoms with Gasteiger partial charge >= 0.3 is 0 Å². The summed E-state index contributed by atoms with van der Waals surface area (Å²) in [5, 5.41) is 3.31. The van der Waals surface area contributed by atoms with Gasteiger partial charge in [0.25, 0.3) is 0 Å². The quantitative estimate of drug-likeness (QED) is 0.934. The monoisotopic (exact) mass is 277 g/mol. The fourth-order valence-corrected chi connectivity index (χ4v) is 1.63. The Labute approximate surface area is 103 Å². The van der Waals surface area contributed by atoms with Gasteiger partial charge < -0.3 is 5.32 Å². The minimum absolute atomic E-state index is 0.197. The van der Waals surface area contributed by atoms with Crippen molar-refractivity contribution in [3.63, 3.8) is 0 Å². The predicted molar refractivity (Wildman–Crippen MR) is 68.2 cm³/mol. The Bertz CT molecular complexity index is 442. The number of aromatic nitrogens is 2. The lowest BCUT2D eigenvalue weighted by atomic mass is 10.1. The molecule has 0 aliphatic heterocycles. The van der Waals surface area contributed by atoms with Crippen LogP contribution in [0.5, 0.6) is 0 Å². The largest absolute Gasteiger partial charge is 0.363 e. The van der Waals surface area contributed by atoms with E-state index in [1.54, 1.807) is 12.4 Å². The average Bonchev–Trinajstić information content (AvgIpc) is 2.33. The molecule has 16 heavy (non-hydrogen) atoms. The normalized spacial score (nSPS) is 12.1. The molecule has 3 nitrogen and oxygen atoms in total. The van der Waals surface area contributed by atoms with E-state index in [1.165, 1.54) is 0 Å². The second kappa shape index (κ2) is 5.07. The number of nitrogens with one attached hydrogen (secondary N) is 1. The van der Waals surface area contributed by atoms with Crippen molar-refractivity contribution in [3.05, 3.63) is 52.9 Å². The van der Waals surface area contributed by atoms with Crippen LogP contribution in [0.15, 0.2) is 47.3 Å². The molecule has 0 saturated heterocycles. The average molecular weight is 278 g/mol. The Morgan fingerprint density at radius 1 is 1.25 bits per heavy atom. The molecule has 1 unspecified atom stereocenters. The molecule has 2 heterocycles. The van der Waals surface area contributed by atoms with Crippen LogP contribution in [0.25, 0.3) is 0 Å². The zero-order valence-electron chi connectivity index (χ0n) is 8.89. The molecule has 1 N–H and O–H groups in total. The van der Waals surface area contributed by atoms with Gasteiger partial charge in [0, 0.05) is 23.1 Å². The number of pyridine rings is 2. The van der Waals surface area contributed by atoms with E-state index < -0.39 is 0 Å². The van der Waals surface area contributed by atoms with Gasteiger partial charge in [-0.2, -0.15) is 0 Å². The zero-order chi connectivity index (χ0) is 11.4. The molecule has 2 aromatic rings. The first-order valence-electron chi connectivity index (χ1n) is 5.04. The number of hydrogen-bond acceptors (Lipinski definition) is 3. The topological polar surface area (TPSA) is 37.8 Å². The summed E-state index contributed by atoms with van der Waals surface area (Å²) >= 11 is 3.36. The highest BCUT2D eigenvalue weighted by molar-refractivity contribution is 9.10. The lowest BCUT2D eigenvalue weighted by molar-refractivity contribution is 0.866. The Balaban J connectivity index is 2.08. The molecule has 0 aromatic carbocycles. The molecule has 0 aliphatic carbocycles. The Morgan fingerprint density at radius 2 is 2.12 bits per heavy atom. The van der Waals surface area contributed by atoms with Crippen molar-refractivity contribution in [1.82, 2.24) is 9.97 Å². The molecule has 4 heteroatoms. The van der Waals surface area contributed by atoms with E-state index in [-0.39, 0.29) is 6.04 Å². The smallest absolute Gasteiger partial charge is 0.126 e. The van der Waals surface area contributed by atoms with Crippen LogP contribution in [0.4, 0.5) is 5.82 Å². The van der Waals surface area contributed by atoms with Gasteiger partial charge in [0.1, 0.15) is 5.82 Å². The van der Waals surface area contributed by atoms with Crippen molar-refractivity contribution in [2.75, 3.05) is 5.32 Å². The number of anilines is 1. The molecule has 0 saturated carbocycles. The van der Waals surface area contributed by atoms with Crippen LogP contribution in [0.1, 0.15) is 18.5 Å². The van der Waals surface area contributed by atoms with Crippen molar-refractivity contribution in [1.29, 1.82) is 0 Å². The minimum atomic E-state index is 0.197. The van der Waals surface area contributed by atoms with Crippen LogP contribution >= 0.6 is 15.9 Å². The van der Waals surface area contributed by atoms with E-state index in [0.717, 1.165) is 15.9 Å². The third-order valence-electron chi connectivity index (χ3n) is 2.28. The summed E-state index contributed by atoms with van der Waals surface area (Å²) in [5.74, 6) is 0.861. The summed E-state index contributed by atoms with van der Waals surface area (Å²) < 4.78 is 0.979. The number of rotatable bonds is 3. The van der Waals surface area contributed by atoms with E-state index in [2.05, 4.69) is 38.1 Å². The molecule has 0 spiro atoms. The lowest BCUT2D eigenvalue weighted by Gasteiger charge is -2.14. The van der Waals surface area contributed by atoms with E-state index >= 15 is 0 Å². The fraction of sp³-hybridized carbons (Fsp3) is 0.167. The summed E-state index contributed by atoms with van der Waals surface area (Å²) in [6, 6.07) is 8.08. The maximum Gasteiger partial charge on any atom is 0.126 e. The summed E-state index contributed by atoms with van der Waals surface area (Å²) in [6.07, 6.45) is 5.41. The lowest BCUT2D eigenvalue weighted by Crippen LogP contribution is -2.07. The van der Waals surface area contributed by atoms with Gasteiger partial charge in [-0.25, -0.2) is 4.98 Å². The first kappa shape index (κ1) is 11.1. The number of nitrogens with zero attached hydrogens (tertiary/aromatic N) is 2. The maximum atomic E-state index is 4.27. The van der Waals surface area contributed by atoms with E-state index in [9.17, 15) is 0 Å². The molecule has 1 atom stereocenters. The summed E-state index contributed by atoms with van der Waals surface area (Å²) in [6.45, 7) is 2.08. The van der Waals surface area contributed by atoms with Crippen molar-refractivity contribution in [2.45, 2.75) is 13.0 Å². The predicted octanol–water partition coefficient (Wildman–Crippen LogP) is 3.41. The van der Waals surface area contributed by atoms with Gasteiger partial charge in [-0.3, -0.25) is 4.98 Å². The Hall–Kier alpha value is -1.42. The van der Waals surface area contributed by atoms with Crippen molar-refractivity contribution >= 4 is 21.7 Å². The van der Waals surface area contributed by atoms with Gasteiger partial charge in [0.05, 0.1) is 6.04 Å². The highest BCUT2D eigenvalue weighted by atomic mass is 79.9. The molecule has 2 aromatic heterocycles. The van der Waals surface area contributed by atoms with Crippen LogP contribution in [0, 0.1) is 0 Å². The molecule has 2 rings (SSSR count). The Morgan fingerprint density at radius 3 is 2.75 bits per heavy atom. The molecule has 0 radical (unpaired) electrons. The molecular weight excluding hydrogens is 266 g/mol. The molecule has 82 valence electrons. The maximum absolute atomic E-state index is 4.27. The van der Waals surface area contributed by atoms with Gasteiger partial charge in [0.15, 0.2) is 0 Å². The molecule has 0 bridgehead atoms. The van der Waals surface area contributed by atoms with Crippen molar-refractivity contribution in [3.8, 4) is 0 Å². The van der Waals surface area contributed by atoms with Gasteiger partial charge in [0.2, 0.25) is 0 Å². The van der Waals surface area contributed by atoms with Crippen LogP contribution < -0.4 is 5.32 Å². The third-order valence-corrected chi connectivity index (χ3v) is 2.75.